The molecule has 0 spiro atoms. The van der Waals surface area contributed by atoms with E-state index in [1.807, 2.05) is 0 Å². The number of carbonyl (C=O) groups excluding carboxylic acids is 4. The molecule has 8 nitrogen and oxygen atoms in total. The summed E-state index contributed by atoms with van der Waals surface area (Å²) in [6.07, 6.45) is 36.6. The van der Waals surface area contributed by atoms with Crippen molar-refractivity contribution in [3.8, 4) is 0 Å². The van der Waals surface area contributed by atoms with Gasteiger partial charge in [-0.05, 0) is 25.2 Å². The molecule has 0 aliphatic carbocycles. The van der Waals surface area contributed by atoms with E-state index in [9.17, 15) is 19.2 Å². The van der Waals surface area contributed by atoms with Crippen LogP contribution in [0.15, 0.2) is 0 Å². The zero-order valence-electron chi connectivity index (χ0n) is 37.0. The van der Waals surface area contributed by atoms with Crippen LogP contribution in [0, 0.1) is 5.92 Å². The smallest absolute Gasteiger partial charge is 0.303 e. The van der Waals surface area contributed by atoms with Crippen LogP contribution < -0.4 is 5.32 Å². The van der Waals surface area contributed by atoms with Crippen molar-refractivity contribution in [3.63, 3.8) is 0 Å². The molecule has 3 atom stereocenters. The SMILES string of the molecule is CCCCCCCCCCCCCCCCCC(=O)N[C@@H](COC(C)=O)[C@H](OC(C)=O)[C@@H](CCCCCCCCCCCCCCCCC(C)C)OC(C)=O. The van der Waals surface area contributed by atoms with Gasteiger partial charge in [-0.3, -0.25) is 19.2 Å². The van der Waals surface area contributed by atoms with Crippen LogP contribution >= 0.6 is 0 Å². The number of amides is 1. The monoisotopic (exact) mass is 780 g/mol. The van der Waals surface area contributed by atoms with Crippen LogP contribution in [-0.4, -0.2) is 48.7 Å². The average Bonchev–Trinajstić information content (AvgIpc) is 3.12. The maximum atomic E-state index is 13.1. The lowest BCUT2D eigenvalue weighted by Gasteiger charge is -2.33. The highest BCUT2D eigenvalue weighted by atomic mass is 16.6. The molecule has 1 N–H and O–H groups in total. The minimum Gasteiger partial charge on any atom is -0.464 e. The van der Waals surface area contributed by atoms with Crippen molar-refractivity contribution in [2.45, 2.75) is 265 Å². The van der Waals surface area contributed by atoms with Gasteiger partial charge < -0.3 is 19.5 Å². The Labute approximate surface area is 339 Å². The van der Waals surface area contributed by atoms with Gasteiger partial charge in [0.1, 0.15) is 18.8 Å². The van der Waals surface area contributed by atoms with E-state index in [1.54, 1.807) is 0 Å². The molecule has 0 fully saturated rings. The molecule has 324 valence electrons. The zero-order valence-corrected chi connectivity index (χ0v) is 37.0. The molecule has 0 aromatic heterocycles. The Hall–Kier alpha value is -2.12. The van der Waals surface area contributed by atoms with Gasteiger partial charge in [0.15, 0.2) is 6.10 Å². The third-order valence-electron chi connectivity index (χ3n) is 10.7. The van der Waals surface area contributed by atoms with E-state index in [1.165, 1.54) is 175 Å². The number of nitrogens with one attached hydrogen (secondary N) is 1. The molecule has 0 aromatic rings. The summed E-state index contributed by atoms with van der Waals surface area (Å²) >= 11 is 0. The first-order chi connectivity index (χ1) is 26.6. The third-order valence-corrected chi connectivity index (χ3v) is 10.7. The van der Waals surface area contributed by atoms with Crippen LogP contribution in [0.25, 0.3) is 0 Å². The van der Waals surface area contributed by atoms with Crippen molar-refractivity contribution in [2.75, 3.05) is 6.61 Å². The molecule has 0 aromatic carbocycles. The Morgan fingerprint density at radius 3 is 1.18 bits per heavy atom. The summed E-state index contributed by atoms with van der Waals surface area (Å²) in [5.41, 5.74) is 0. The minimum atomic E-state index is -0.967. The second kappa shape index (κ2) is 38.7. The maximum absolute atomic E-state index is 13.1. The molecule has 0 saturated heterocycles. The highest BCUT2D eigenvalue weighted by Gasteiger charge is 2.36. The highest BCUT2D eigenvalue weighted by Crippen LogP contribution is 2.21. The highest BCUT2D eigenvalue weighted by molar-refractivity contribution is 5.76. The van der Waals surface area contributed by atoms with E-state index in [-0.39, 0.29) is 12.5 Å². The number of hydrogen-bond donors (Lipinski definition) is 1. The molecule has 0 unspecified atom stereocenters. The van der Waals surface area contributed by atoms with Crippen molar-refractivity contribution in [1.82, 2.24) is 5.32 Å². The summed E-state index contributed by atoms with van der Waals surface area (Å²) in [6, 6.07) is -0.828. The lowest BCUT2D eigenvalue weighted by atomic mass is 9.98. The second-order valence-corrected chi connectivity index (χ2v) is 16.8. The van der Waals surface area contributed by atoms with Crippen molar-refractivity contribution in [1.29, 1.82) is 0 Å². The van der Waals surface area contributed by atoms with Crippen LogP contribution in [0.1, 0.15) is 247 Å². The molecule has 1 amide bonds. The fourth-order valence-corrected chi connectivity index (χ4v) is 7.49. The molecule has 55 heavy (non-hydrogen) atoms. The summed E-state index contributed by atoms with van der Waals surface area (Å²) in [5.74, 6) is -0.895. The van der Waals surface area contributed by atoms with Crippen molar-refractivity contribution >= 4 is 23.8 Å². The van der Waals surface area contributed by atoms with Gasteiger partial charge >= 0.3 is 17.9 Å². The summed E-state index contributed by atoms with van der Waals surface area (Å²) in [4.78, 5) is 49.3. The van der Waals surface area contributed by atoms with Gasteiger partial charge in [0.2, 0.25) is 5.91 Å². The first kappa shape index (κ1) is 52.9. The van der Waals surface area contributed by atoms with Crippen LogP contribution in [0.5, 0.6) is 0 Å². The zero-order chi connectivity index (χ0) is 40.8. The van der Waals surface area contributed by atoms with Gasteiger partial charge in [0.25, 0.3) is 0 Å². The van der Waals surface area contributed by atoms with Crippen LogP contribution in [0.2, 0.25) is 0 Å². The lowest BCUT2D eigenvalue weighted by Crippen LogP contribution is -2.54. The molecule has 0 bridgehead atoms. The van der Waals surface area contributed by atoms with E-state index in [0.29, 0.717) is 12.8 Å². The van der Waals surface area contributed by atoms with Crippen LogP contribution in [0.3, 0.4) is 0 Å². The van der Waals surface area contributed by atoms with Gasteiger partial charge in [0, 0.05) is 27.2 Å². The molecule has 0 rings (SSSR count). The van der Waals surface area contributed by atoms with Gasteiger partial charge in [-0.1, -0.05) is 201 Å². The Morgan fingerprint density at radius 2 is 0.818 bits per heavy atom. The molecule has 0 saturated carbocycles. The van der Waals surface area contributed by atoms with Gasteiger partial charge in [-0.15, -0.1) is 0 Å². The van der Waals surface area contributed by atoms with Crippen LogP contribution in [0.4, 0.5) is 0 Å². The van der Waals surface area contributed by atoms with E-state index in [0.717, 1.165) is 44.4 Å². The Balaban J connectivity index is 4.59. The average molecular weight is 780 g/mol. The quantitative estimate of drug-likeness (QED) is 0.0375. The molecular formula is C47H89NO7. The van der Waals surface area contributed by atoms with Crippen molar-refractivity contribution in [3.05, 3.63) is 0 Å². The molecule has 0 heterocycles. The van der Waals surface area contributed by atoms with E-state index < -0.39 is 36.2 Å². The molecule has 0 aliphatic rings. The number of ether oxygens (including phenoxy) is 3. The van der Waals surface area contributed by atoms with E-state index in [4.69, 9.17) is 14.2 Å². The largest absolute Gasteiger partial charge is 0.464 e. The van der Waals surface area contributed by atoms with Gasteiger partial charge in [-0.2, -0.15) is 0 Å². The summed E-state index contributed by atoms with van der Waals surface area (Å²) in [5, 5.41) is 2.95. The molecule has 0 radical (unpaired) electrons. The van der Waals surface area contributed by atoms with Gasteiger partial charge in [0.05, 0.1) is 0 Å². The minimum absolute atomic E-state index is 0.173. The number of unbranched alkanes of at least 4 members (excludes halogenated alkanes) is 27. The number of carbonyl (C=O) groups is 4. The Bertz CT molecular complexity index is 923. The normalized spacial score (nSPS) is 13.0. The predicted octanol–water partition coefficient (Wildman–Crippen LogP) is 13.1. The number of hydrogen-bond acceptors (Lipinski definition) is 7. The third kappa shape index (κ3) is 37.2. The maximum Gasteiger partial charge on any atom is 0.303 e. The van der Waals surface area contributed by atoms with Crippen molar-refractivity contribution < 1.29 is 33.4 Å². The molecular weight excluding hydrogens is 691 g/mol. The second-order valence-electron chi connectivity index (χ2n) is 16.8. The lowest BCUT2D eigenvalue weighted by molar-refractivity contribution is -0.171. The number of esters is 3. The fourth-order valence-electron chi connectivity index (χ4n) is 7.49. The predicted molar refractivity (Wildman–Crippen MR) is 228 cm³/mol. The topological polar surface area (TPSA) is 108 Å². The van der Waals surface area contributed by atoms with Gasteiger partial charge in [-0.25, -0.2) is 0 Å². The fraction of sp³-hybridized carbons (Fsp3) is 0.915. The van der Waals surface area contributed by atoms with Crippen molar-refractivity contribution in [2.24, 2.45) is 5.92 Å². The first-order valence-corrected chi connectivity index (χ1v) is 23.3. The number of rotatable bonds is 40. The standard InChI is InChI=1S/C47H89NO7/c1-7-8-9-10-11-12-13-14-15-20-23-26-29-32-35-38-46(52)48-44(39-53-41(4)49)47(55-43(6)51)45(54-42(5)50)37-34-31-28-25-22-19-17-16-18-21-24-27-30-33-36-40(2)3/h40,44-45,47H,7-39H2,1-6H3,(H,48,52)/t44-,45+,47-/m0/s1. The van der Waals surface area contributed by atoms with E-state index >= 15 is 0 Å². The summed E-state index contributed by atoms with van der Waals surface area (Å²) in [7, 11) is 0. The van der Waals surface area contributed by atoms with E-state index in [2.05, 4.69) is 26.1 Å². The molecule has 8 heteroatoms. The molecule has 0 aliphatic heterocycles. The summed E-state index contributed by atoms with van der Waals surface area (Å²) < 4.78 is 16.7. The van der Waals surface area contributed by atoms with Crippen LogP contribution in [-0.2, 0) is 33.4 Å². The Kier molecular flexibility index (Phi) is 37.2. The Morgan fingerprint density at radius 1 is 0.455 bits per heavy atom. The first-order valence-electron chi connectivity index (χ1n) is 23.3. The summed E-state index contributed by atoms with van der Waals surface area (Å²) in [6.45, 7) is 10.6.